The summed E-state index contributed by atoms with van der Waals surface area (Å²) in [6.07, 6.45) is 0.558. The molecule has 27 heavy (non-hydrogen) atoms. The van der Waals surface area contributed by atoms with E-state index < -0.39 is 5.92 Å². The second-order valence-electron chi connectivity index (χ2n) is 7.50. The van der Waals surface area contributed by atoms with E-state index in [1.54, 1.807) is 11.3 Å². The summed E-state index contributed by atoms with van der Waals surface area (Å²) >= 11 is 1.73. The van der Waals surface area contributed by atoms with E-state index in [-0.39, 0.29) is 11.6 Å². The fourth-order valence-electron chi connectivity index (χ4n) is 4.20. The molecule has 0 bridgehead atoms. The molecule has 4 aromatic rings. The number of hydrogen-bond acceptors (Lipinski definition) is 4. The van der Waals surface area contributed by atoms with Crippen molar-refractivity contribution in [1.29, 1.82) is 0 Å². The van der Waals surface area contributed by atoms with Crippen molar-refractivity contribution in [2.45, 2.75) is 6.42 Å². The van der Waals surface area contributed by atoms with Crippen LogP contribution in [0.3, 0.4) is 0 Å². The summed E-state index contributed by atoms with van der Waals surface area (Å²) in [5, 5.41) is 4.15. The van der Waals surface area contributed by atoms with E-state index >= 15 is 0 Å². The number of nitrogens with zero attached hydrogens (tertiary/aromatic N) is 1. The lowest BCUT2D eigenvalue weighted by Crippen LogP contribution is -2.32. The Bertz CT molecular complexity index is 1250. The normalized spacial score (nSPS) is 16.9. The molecule has 134 valence electrons. The summed E-state index contributed by atoms with van der Waals surface area (Å²) in [5.74, 6) is -0.629. The van der Waals surface area contributed by atoms with Crippen LogP contribution in [0, 0.1) is 5.92 Å². The van der Waals surface area contributed by atoms with Crippen LogP contribution in [0.15, 0.2) is 48.5 Å². The third-order valence-electron chi connectivity index (χ3n) is 5.53. The highest BCUT2D eigenvalue weighted by Crippen LogP contribution is 2.43. The summed E-state index contributed by atoms with van der Waals surface area (Å²) in [6.45, 7) is 0.719. The molecule has 1 aromatic heterocycles. The van der Waals surface area contributed by atoms with E-state index in [2.05, 4.69) is 12.1 Å². The van der Waals surface area contributed by atoms with E-state index in [1.165, 1.54) is 10.1 Å². The minimum absolute atomic E-state index is 0.0252. The highest BCUT2D eigenvalue weighted by Gasteiger charge is 2.36. The topological polar surface area (TPSA) is 37.4 Å². The Morgan fingerprint density at radius 2 is 1.63 bits per heavy atom. The lowest BCUT2D eigenvalue weighted by Gasteiger charge is -2.24. The Labute approximate surface area is 161 Å². The third-order valence-corrected chi connectivity index (χ3v) is 6.75. The van der Waals surface area contributed by atoms with Gasteiger partial charge in [0.05, 0.1) is 5.92 Å². The van der Waals surface area contributed by atoms with Crippen LogP contribution in [-0.2, 0) is 0 Å². The van der Waals surface area contributed by atoms with Crippen LogP contribution < -0.4 is 0 Å². The summed E-state index contributed by atoms with van der Waals surface area (Å²) in [6, 6.07) is 16.2. The molecule has 0 N–H and O–H groups in total. The van der Waals surface area contributed by atoms with Crippen LogP contribution in [0.4, 0.5) is 0 Å². The first-order valence-electron chi connectivity index (χ1n) is 9.16. The molecule has 0 saturated carbocycles. The smallest absolute Gasteiger partial charge is 0.174 e. The number of hydrogen-bond donors (Lipinski definition) is 0. The molecule has 0 aliphatic heterocycles. The van der Waals surface area contributed by atoms with Crippen molar-refractivity contribution < 1.29 is 9.59 Å². The van der Waals surface area contributed by atoms with E-state index in [1.807, 2.05) is 55.4 Å². The average molecular weight is 373 g/mol. The van der Waals surface area contributed by atoms with Crippen LogP contribution in [0.2, 0.25) is 0 Å². The molecular weight excluding hydrogens is 354 g/mol. The van der Waals surface area contributed by atoms with E-state index in [0.717, 1.165) is 27.4 Å². The number of fused-ring (bicyclic) bond motifs is 4. The van der Waals surface area contributed by atoms with Crippen molar-refractivity contribution in [3.05, 3.63) is 59.7 Å². The summed E-state index contributed by atoms with van der Waals surface area (Å²) in [4.78, 5) is 28.4. The highest BCUT2D eigenvalue weighted by molar-refractivity contribution is 7.26. The zero-order chi connectivity index (χ0) is 18.7. The van der Waals surface area contributed by atoms with Crippen LogP contribution in [0.1, 0.15) is 27.1 Å². The fraction of sp³-hybridized carbons (Fsp3) is 0.217. The number of carbonyl (C=O) groups is 2. The van der Waals surface area contributed by atoms with Gasteiger partial charge in [0.25, 0.3) is 0 Å². The van der Waals surface area contributed by atoms with Gasteiger partial charge in [-0.25, -0.2) is 0 Å². The summed E-state index contributed by atoms with van der Waals surface area (Å²) in [7, 11) is 3.93. The molecule has 0 amide bonds. The molecule has 3 aromatic carbocycles. The maximum Gasteiger partial charge on any atom is 0.174 e. The number of Topliss-reactive ketones (excluding diaryl/α,β-unsaturated/α-hetero) is 2. The van der Waals surface area contributed by atoms with Gasteiger partial charge in [-0.1, -0.05) is 36.4 Å². The van der Waals surface area contributed by atoms with Gasteiger partial charge < -0.3 is 4.90 Å². The Balaban J connectivity index is 1.83. The molecule has 0 radical (unpaired) electrons. The number of carbonyl (C=O) groups excluding carboxylic acids is 2. The van der Waals surface area contributed by atoms with Gasteiger partial charge >= 0.3 is 0 Å². The SMILES string of the molecule is CN(C)CCC1C(=O)c2cccc3c2c(cc2c4ccccc4sc32)C1=O. The van der Waals surface area contributed by atoms with Crippen LogP contribution >= 0.6 is 11.3 Å². The first-order chi connectivity index (χ1) is 13.1. The molecule has 1 aliphatic rings. The van der Waals surface area contributed by atoms with Gasteiger partial charge in [0, 0.05) is 42.1 Å². The van der Waals surface area contributed by atoms with Crippen LogP contribution in [0.5, 0.6) is 0 Å². The van der Waals surface area contributed by atoms with Gasteiger partial charge in [0.1, 0.15) is 0 Å². The van der Waals surface area contributed by atoms with Gasteiger partial charge in [-0.15, -0.1) is 11.3 Å². The van der Waals surface area contributed by atoms with Crippen molar-refractivity contribution in [3.8, 4) is 0 Å². The van der Waals surface area contributed by atoms with Gasteiger partial charge in [-0.2, -0.15) is 0 Å². The monoisotopic (exact) mass is 373 g/mol. The third kappa shape index (κ3) is 2.37. The molecule has 1 atom stereocenters. The van der Waals surface area contributed by atoms with Gasteiger partial charge in [0.2, 0.25) is 0 Å². The van der Waals surface area contributed by atoms with E-state index in [0.29, 0.717) is 17.5 Å². The second-order valence-corrected chi connectivity index (χ2v) is 8.55. The summed E-state index contributed by atoms with van der Waals surface area (Å²) < 4.78 is 2.36. The van der Waals surface area contributed by atoms with Crippen LogP contribution in [-0.4, -0.2) is 37.1 Å². The Morgan fingerprint density at radius 1 is 0.889 bits per heavy atom. The van der Waals surface area contributed by atoms with Gasteiger partial charge in [-0.05, 0) is 39.2 Å². The predicted molar refractivity (Wildman–Crippen MR) is 112 cm³/mol. The summed E-state index contributed by atoms with van der Waals surface area (Å²) in [5.41, 5.74) is 1.41. The molecule has 3 nitrogen and oxygen atoms in total. The standard InChI is InChI=1S/C23H19NO2S/c1-24(2)11-10-16-21(25)14-7-5-8-15-20(14)18(22(16)26)12-17-13-6-3-4-9-19(13)27-23(15)17/h3-9,12,16H,10-11H2,1-2H3. The lowest BCUT2D eigenvalue weighted by atomic mass is 9.78. The zero-order valence-electron chi connectivity index (χ0n) is 15.3. The first kappa shape index (κ1) is 16.6. The Kier molecular flexibility index (Phi) is 3.67. The number of thiophene rings is 1. The molecule has 0 fully saturated rings. The van der Waals surface area contributed by atoms with Crippen molar-refractivity contribution in [2.75, 3.05) is 20.6 Å². The Hall–Kier alpha value is -2.56. The largest absolute Gasteiger partial charge is 0.309 e. The molecule has 1 unspecified atom stereocenters. The second kappa shape index (κ2) is 5.98. The van der Waals surface area contributed by atoms with Crippen molar-refractivity contribution >= 4 is 53.8 Å². The minimum Gasteiger partial charge on any atom is -0.309 e. The maximum atomic E-state index is 13.3. The Morgan fingerprint density at radius 3 is 2.44 bits per heavy atom. The molecule has 5 rings (SSSR count). The fourth-order valence-corrected chi connectivity index (χ4v) is 5.41. The molecule has 0 spiro atoms. The van der Waals surface area contributed by atoms with Crippen molar-refractivity contribution in [1.82, 2.24) is 4.90 Å². The first-order valence-corrected chi connectivity index (χ1v) is 9.98. The maximum absolute atomic E-state index is 13.3. The van der Waals surface area contributed by atoms with Gasteiger partial charge in [-0.3, -0.25) is 9.59 Å². The lowest BCUT2D eigenvalue weighted by molar-refractivity contribution is 0.0788. The number of ketones is 2. The quantitative estimate of drug-likeness (QED) is 0.466. The molecule has 4 heteroatoms. The molecular formula is C23H19NO2S. The zero-order valence-corrected chi connectivity index (χ0v) is 16.1. The van der Waals surface area contributed by atoms with Gasteiger partial charge in [0.15, 0.2) is 11.6 Å². The molecule has 1 heterocycles. The molecule has 1 aliphatic carbocycles. The van der Waals surface area contributed by atoms with Crippen molar-refractivity contribution in [2.24, 2.45) is 5.92 Å². The van der Waals surface area contributed by atoms with E-state index in [9.17, 15) is 9.59 Å². The van der Waals surface area contributed by atoms with Crippen molar-refractivity contribution in [3.63, 3.8) is 0 Å². The van der Waals surface area contributed by atoms with E-state index in [4.69, 9.17) is 0 Å². The predicted octanol–water partition coefficient (Wildman–Crippen LogP) is 5.15. The minimum atomic E-state index is -0.576. The highest BCUT2D eigenvalue weighted by atomic mass is 32.1. The number of rotatable bonds is 3. The van der Waals surface area contributed by atoms with Crippen LogP contribution in [0.25, 0.3) is 30.9 Å². The average Bonchev–Trinajstić information content (AvgIpc) is 3.04. The number of benzene rings is 3. The molecule has 0 saturated heterocycles.